The van der Waals surface area contributed by atoms with Gasteiger partial charge in [-0.15, -0.1) is 0 Å². The molecule has 0 aliphatic carbocycles. The van der Waals surface area contributed by atoms with Gasteiger partial charge in [0.1, 0.15) is 6.54 Å². The van der Waals surface area contributed by atoms with E-state index in [2.05, 4.69) is 10.3 Å². The molecule has 3 aromatic rings. The number of nitrogens with one attached hydrogen (secondary N) is 1. The van der Waals surface area contributed by atoms with E-state index >= 15 is 0 Å². The SMILES string of the molecule is Cc1ccccc1N=C1NC(=O)/C(=C\c2cn(CC(=O)N3CCOCC3)c3ccccc23)S1. The largest absolute Gasteiger partial charge is 0.378 e. The highest BCUT2D eigenvalue weighted by molar-refractivity contribution is 8.18. The van der Waals surface area contributed by atoms with E-state index in [4.69, 9.17) is 4.74 Å². The lowest BCUT2D eigenvalue weighted by Crippen LogP contribution is -2.42. The fraction of sp³-hybridized carbons (Fsp3) is 0.240. The van der Waals surface area contributed by atoms with E-state index in [0.717, 1.165) is 27.7 Å². The minimum atomic E-state index is -0.173. The van der Waals surface area contributed by atoms with Gasteiger partial charge in [-0.2, -0.15) is 0 Å². The van der Waals surface area contributed by atoms with Crippen molar-refractivity contribution in [2.24, 2.45) is 4.99 Å². The van der Waals surface area contributed by atoms with Gasteiger partial charge in [0.15, 0.2) is 5.17 Å². The number of para-hydroxylation sites is 2. The Morgan fingerprint density at radius 1 is 1.15 bits per heavy atom. The third-order valence-corrected chi connectivity index (χ3v) is 6.67. The molecule has 2 amide bonds. The van der Waals surface area contributed by atoms with E-state index in [1.54, 1.807) is 0 Å². The fourth-order valence-corrected chi connectivity index (χ4v) is 4.83. The molecule has 0 unspecified atom stereocenters. The van der Waals surface area contributed by atoms with Crippen molar-refractivity contribution in [1.29, 1.82) is 0 Å². The minimum absolute atomic E-state index is 0.0684. The summed E-state index contributed by atoms with van der Waals surface area (Å²) >= 11 is 1.32. The molecular weight excluding hydrogens is 436 g/mol. The second kappa shape index (κ2) is 9.25. The molecule has 7 nitrogen and oxygen atoms in total. The van der Waals surface area contributed by atoms with Gasteiger partial charge in [0.05, 0.1) is 23.8 Å². The first-order valence-corrected chi connectivity index (χ1v) is 11.7. The predicted molar refractivity (Wildman–Crippen MR) is 131 cm³/mol. The maximum atomic E-state index is 12.8. The number of ether oxygens (including phenoxy) is 1. The minimum Gasteiger partial charge on any atom is -0.378 e. The van der Waals surface area contributed by atoms with Crippen LogP contribution in [0.2, 0.25) is 0 Å². The summed E-state index contributed by atoms with van der Waals surface area (Å²) in [6, 6.07) is 15.7. The molecule has 3 heterocycles. The smallest absolute Gasteiger partial charge is 0.264 e. The van der Waals surface area contributed by atoms with Crippen LogP contribution >= 0.6 is 11.8 Å². The van der Waals surface area contributed by atoms with E-state index < -0.39 is 0 Å². The number of amidine groups is 1. The Morgan fingerprint density at radius 3 is 2.73 bits per heavy atom. The molecule has 33 heavy (non-hydrogen) atoms. The van der Waals surface area contributed by atoms with Crippen LogP contribution in [0.1, 0.15) is 11.1 Å². The number of nitrogens with zero attached hydrogens (tertiary/aromatic N) is 3. The van der Waals surface area contributed by atoms with Gasteiger partial charge in [-0.3, -0.25) is 9.59 Å². The summed E-state index contributed by atoms with van der Waals surface area (Å²) in [6.07, 6.45) is 3.82. The monoisotopic (exact) mass is 460 g/mol. The lowest BCUT2D eigenvalue weighted by Gasteiger charge is -2.27. The Morgan fingerprint density at radius 2 is 1.91 bits per heavy atom. The summed E-state index contributed by atoms with van der Waals surface area (Å²) in [7, 11) is 0. The number of aliphatic imine (C=N–C) groups is 1. The zero-order valence-electron chi connectivity index (χ0n) is 18.3. The lowest BCUT2D eigenvalue weighted by atomic mass is 10.1. The molecule has 1 aromatic heterocycles. The maximum absolute atomic E-state index is 12.8. The van der Waals surface area contributed by atoms with E-state index in [0.29, 0.717) is 36.4 Å². The van der Waals surface area contributed by atoms with Gasteiger partial charge in [0, 0.05) is 35.8 Å². The Balaban J connectivity index is 1.42. The number of carbonyl (C=O) groups excluding carboxylic acids is 2. The third-order valence-electron chi connectivity index (χ3n) is 5.76. The molecule has 0 saturated carbocycles. The molecule has 0 radical (unpaired) electrons. The van der Waals surface area contributed by atoms with Crippen LogP contribution in [-0.4, -0.2) is 52.8 Å². The third kappa shape index (κ3) is 4.58. The van der Waals surface area contributed by atoms with Crippen molar-refractivity contribution in [3.05, 3.63) is 70.8 Å². The zero-order chi connectivity index (χ0) is 22.8. The Kier molecular flexibility index (Phi) is 6.02. The number of fused-ring (bicyclic) bond motifs is 1. The molecule has 1 N–H and O–H groups in total. The molecular formula is C25H24N4O3S. The normalized spacial score (nSPS) is 18.9. The number of aromatic nitrogens is 1. The number of thioether (sulfide) groups is 1. The number of morpholine rings is 1. The van der Waals surface area contributed by atoms with Crippen LogP contribution in [0.3, 0.4) is 0 Å². The summed E-state index contributed by atoms with van der Waals surface area (Å²) in [4.78, 5) is 32.5. The van der Waals surface area contributed by atoms with Crippen LogP contribution in [0.15, 0.2) is 64.6 Å². The zero-order valence-corrected chi connectivity index (χ0v) is 19.1. The van der Waals surface area contributed by atoms with Crippen LogP contribution < -0.4 is 5.32 Å². The lowest BCUT2D eigenvalue weighted by molar-refractivity contribution is -0.135. The van der Waals surface area contributed by atoms with Crippen molar-refractivity contribution < 1.29 is 14.3 Å². The number of benzene rings is 2. The van der Waals surface area contributed by atoms with Gasteiger partial charge < -0.3 is 19.5 Å². The molecule has 2 saturated heterocycles. The number of hydrogen-bond donors (Lipinski definition) is 1. The highest BCUT2D eigenvalue weighted by Gasteiger charge is 2.25. The summed E-state index contributed by atoms with van der Waals surface area (Å²) < 4.78 is 7.31. The molecule has 168 valence electrons. The van der Waals surface area contributed by atoms with Crippen molar-refractivity contribution in [2.75, 3.05) is 26.3 Å². The molecule has 0 atom stereocenters. The van der Waals surface area contributed by atoms with Crippen LogP contribution in [0, 0.1) is 6.92 Å². The van der Waals surface area contributed by atoms with Gasteiger partial charge in [0.2, 0.25) is 5.91 Å². The predicted octanol–water partition coefficient (Wildman–Crippen LogP) is 3.70. The van der Waals surface area contributed by atoms with E-state index in [1.165, 1.54) is 11.8 Å². The molecule has 2 aliphatic rings. The van der Waals surface area contributed by atoms with Crippen molar-refractivity contribution in [1.82, 2.24) is 14.8 Å². The molecule has 0 spiro atoms. The van der Waals surface area contributed by atoms with E-state index in [-0.39, 0.29) is 18.4 Å². The summed E-state index contributed by atoms with van der Waals surface area (Å²) in [5, 5.41) is 4.42. The molecule has 8 heteroatoms. The van der Waals surface area contributed by atoms with E-state index in [9.17, 15) is 9.59 Å². The number of aryl methyl sites for hydroxylation is 1. The molecule has 0 bridgehead atoms. The topological polar surface area (TPSA) is 75.9 Å². The van der Waals surface area contributed by atoms with Crippen LogP contribution in [-0.2, 0) is 20.9 Å². The highest BCUT2D eigenvalue weighted by Crippen LogP contribution is 2.31. The first kappa shape index (κ1) is 21.5. The quantitative estimate of drug-likeness (QED) is 0.603. The van der Waals surface area contributed by atoms with Gasteiger partial charge in [-0.25, -0.2) is 4.99 Å². The first-order valence-electron chi connectivity index (χ1n) is 10.9. The highest BCUT2D eigenvalue weighted by atomic mass is 32.2. The van der Waals surface area contributed by atoms with E-state index in [1.807, 2.05) is 77.2 Å². The van der Waals surface area contributed by atoms with Crippen molar-refractivity contribution in [3.8, 4) is 0 Å². The Bertz CT molecular complexity index is 1290. The summed E-state index contributed by atoms with van der Waals surface area (Å²) in [5.41, 5.74) is 3.74. The second-order valence-corrected chi connectivity index (χ2v) is 9.02. The van der Waals surface area contributed by atoms with Crippen molar-refractivity contribution in [3.63, 3.8) is 0 Å². The van der Waals surface area contributed by atoms with Gasteiger partial charge in [-0.05, 0) is 42.5 Å². The van der Waals surface area contributed by atoms with Crippen molar-refractivity contribution >= 4 is 51.4 Å². The van der Waals surface area contributed by atoms with Crippen LogP contribution in [0.5, 0.6) is 0 Å². The number of amides is 2. The summed E-state index contributed by atoms with van der Waals surface area (Å²) in [5.74, 6) is -0.104. The number of rotatable bonds is 4. The fourth-order valence-electron chi connectivity index (χ4n) is 4.00. The number of hydrogen-bond acceptors (Lipinski definition) is 5. The summed E-state index contributed by atoms with van der Waals surface area (Å²) in [6.45, 7) is 4.64. The van der Waals surface area contributed by atoms with Gasteiger partial charge in [-0.1, -0.05) is 36.4 Å². The maximum Gasteiger partial charge on any atom is 0.264 e. The number of carbonyl (C=O) groups is 2. The van der Waals surface area contributed by atoms with Gasteiger partial charge in [0.25, 0.3) is 5.91 Å². The van der Waals surface area contributed by atoms with Crippen LogP contribution in [0.25, 0.3) is 17.0 Å². The average molecular weight is 461 g/mol. The molecule has 5 rings (SSSR count). The standard InChI is InChI=1S/C25H24N4O3S/c1-17-6-2-4-8-20(17)26-25-27-24(31)22(33-25)14-18-15-29(21-9-5-3-7-19(18)21)16-23(30)28-10-12-32-13-11-28/h2-9,14-15H,10-13,16H2,1H3,(H,26,27,31)/b22-14+. The second-order valence-electron chi connectivity index (χ2n) is 7.99. The van der Waals surface area contributed by atoms with Crippen molar-refractivity contribution in [2.45, 2.75) is 13.5 Å². The molecule has 2 aliphatic heterocycles. The van der Waals surface area contributed by atoms with Gasteiger partial charge >= 0.3 is 0 Å². The molecule has 2 fully saturated rings. The Labute approximate surface area is 196 Å². The Hall–Kier alpha value is -3.36. The average Bonchev–Trinajstić information content (AvgIpc) is 3.36. The molecule has 2 aromatic carbocycles. The van der Waals surface area contributed by atoms with Crippen LogP contribution in [0.4, 0.5) is 5.69 Å². The first-order chi connectivity index (χ1) is 16.1.